The van der Waals surface area contributed by atoms with Crippen molar-refractivity contribution in [2.45, 2.75) is 25.0 Å². The zero-order valence-electron chi connectivity index (χ0n) is 17.6. The summed E-state index contributed by atoms with van der Waals surface area (Å²) in [5.74, 6) is -0.0424. The molecule has 1 aliphatic rings. The number of hydrogen-bond donors (Lipinski definition) is 2. The van der Waals surface area contributed by atoms with Gasteiger partial charge in [0.1, 0.15) is 0 Å². The number of aromatic amines is 1. The van der Waals surface area contributed by atoms with Gasteiger partial charge in [-0.05, 0) is 37.1 Å². The lowest BCUT2D eigenvalue weighted by atomic mass is 9.95. The molecular formula is C23H24N4O3S. The van der Waals surface area contributed by atoms with Gasteiger partial charge in [0.2, 0.25) is 0 Å². The molecule has 1 aromatic heterocycles. The Kier molecular flexibility index (Phi) is 5.99. The van der Waals surface area contributed by atoms with Gasteiger partial charge >= 0.3 is 12.0 Å². The number of benzene rings is 2. The number of aryl methyl sites for hydroxylation is 1. The van der Waals surface area contributed by atoms with Gasteiger partial charge in [0.05, 0.1) is 29.3 Å². The van der Waals surface area contributed by atoms with Crippen LogP contribution < -0.4 is 5.32 Å². The minimum absolute atomic E-state index is 0.255. The maximum absolute atomic E-state index is 12.9. The predicted molar refractivity (Wildman–Crippen MR) is 121 cm³/mol. The van der Waals surface area contributed by atoms with Gasteiger partial charge in [-0.2, -0.15) is 0 Å². The highest BCUT2D eigenvalue weighted by molar-refractivity contribution is 7.99. The number of fused-ring (bicyclic) bond motifs is 1. The second kappa shape index (κ2) is 8.85. The lowest BCUT2D eigenvalue weighted by Crippen LogP contribution is -2.47. The van der Waals surface area contributed by atoms with Crippen LogP contribution in [0.5, 0.6) is 0 Å². The fourth-order valence-electron chi connectivity index (χ4n) is 3.58. The Hall–Kier alpha value is -3.26. The number of imidazole rings is 1. The molecule has 31 heavy (non-hydrogen) atoms. The number of aromatic nitrogens is 2. The SMILES string of the molecule is CCOC(=O)C1=C(CSc2nc3ccc(C)cc3[nH]2)N(C)C(=O)NC1c1ccccc1. The minimum atomic E-state index is -0.571. The molecule has 7 nitrogen and oxygen atoms in total. The number of esters is 1. The summed E-state index contributed by atoms with van der Waals surface area (Å²) < 4.78 is 5.35. The maximum atomic E-state index is 12.9. The van der Waals surface area contributed by atoms with Crippen LogP contribution in [-0.4, -0.2) is 46.3 Å². The van der Waals surface area contributed by atoms with E-state index in [2.05, 4.69) is 15.3 Å². The third kappa shape index (κ3) is 4.29. The molecule has 0 bridgehead atoms. The quantitative estimate of drug-likeness (QED) is 0.447. The van der Waals surface area contributed by atoms with Gasteiger partial charge in [-0.15, -0.1) is 0 Å². The van der Waals surface area contributed by atoms with Gasteiger partial charge in [-0.25, -0.2) is 14.6 Å². The fourth-order valence-corrected chi connectivity index (χ4v) is 4.55. The second-order valence-electron chi connectivity index (χ2n) is 7.28. The molecule has 0 aliphatic carbocycles. The second-order valence-corrected chi connectivity index (χ2v) is 8.25. The highest BCUT2D eigenvalue weighted by Gasteiger charge is 2.36. The number of amides is 2. The Bertz CT molecular complexity index is 1160. The van der Waals surface area contributed by atoms with Crippen molar-refractivity contribution < 1.29 is 14.3 Å². The molecule has 8 heteroatoms. The van der Waals surface area contributed by atoms with E-state index in [1.807, 2.05) is 55.5 Å². The van der Waals surface area contributed by atoms with Crippen LogP contribution >= 0.6 is 11.8 Å². The van der Waals surface area contributed by atoms with Gasteiger partial charge in [0.15, 0.2) is 5.16 Å². The molecule has 0 saturated carbocycles. The lowest BCUT2D eigenvalue weighted by molar-refractivity contribution is -0.139. The van der Waals surface area contributed by atoms with E-state index in [9.17, 15) is 9.59 Å². The van der Waals surface area contributed by atoms with E-state index in [0.717, 1.165) is 27.3 Å². The number of nitrogens with one attached hydrogen (secondary N) is 2. The van der Waals surface area contributed by atoms with Crippen molar-refractivity contribution in [1.82, 2.24) is 20.2 Å². The number of thioether (sulfide) groups is 1. The summed E-state index contributed by atoms with van der Waals surface area (Å²) in [6, 6.07) is 14.6. The molecule has 1 unspecified atom stereocenters. The molecule has 0 radical (unpaired) electrons. The molecule has 4 rings (SSSR count). The van der Waals surface area contributed by atoms with E-state index in [-0.39, 0.29) is 12.6 Å². The zero-order chi connectivity index (χ0) is 22.0. The number of carbonyl (C=O) groups is 2. The molecular weight excluding hydrogens is 412 g/mol. The summed E-state index contributed by atoms with van der Waals surface area (Å²) in [5.41, 5.74) is 4.86. The van der Waals surface area contributed by atoms with Crippen molar-refractivity contribution >= 4 is 34.8 Å². The normalized spacial score (nSPS) is 16.5. The molecule has 0 fully saturated rings. The Morgan fingerprint density at radius 2 is 2.00 bits per heavy atom. The maximum Gasteiger partial charge on any atom is 0.338 e. The Labute approximate surface area is 184 Å². The van der Waals surface area contributed by atoms with Crippen molar-refractivity contribution in [2.24, 2.45) is 0 Å². The van der Waals surface area contributed by atoms with Crippen LogP contribution in [0.15, 0.2) is 65.0 Å². The Balaban J connectivity index is 1.71. The van der Waals surface area contributed by atoms with Crippen molar-refractivity contribution in [3.05, 3.63) is 70.9 Å². The van der Waals surface area contributed by atoms with Gasteiger partial charge < -0.3 is 15.0 Å². The van der Waals surface area contributed by atoms with Crippen molar-refractivity contribution in [2.75, 3.05) is 19.4 Å². The number of H-pyrrole nitrogens is 1. The number of rotatable bonds is 6. The lowest BCUT2D eigenvalue weighted by Gasteiger charge is -2.34. The van der Waals surface area contributed by atoms with Crippen LogP contribution in [0.2, 0.25) is 0 Å². The molecule has 2 aromatic carbocycles. The molecule has 3 aromatic rings. The number of urea groups is 1. The number of ether oxygens (including phenoxy) is 1. The van der Waals surface area contributed by atoms with Crippen molar-refractivity contribution in [3.63, 3.8) is 0 Å². The molecule has 2 amide bonds. The average molecular weight is 437 g/mol. The third-order valence-corrected chi connectivity index (χ3v) is 6.05. The summed E-state index contributed by atoms with van der Waals surface area (Å²) in [5, 5.41) is 3.65. The number of carbonyl (C=O) groups excluding carboxylic acids is 2. The van der Waals surface area contributed by atoms with Gasteiger partial charge in [-0.1, -0.05) is 48.2 Å². The van der Waals surface area contributed by atoms with Crippen LogP contribution in [0.3, 0.4) is 0 Å². The van der Waals surface area contributed by atoms with Crippen molar-refractivity contribution in [1.29, 1.82) is 0 Å². The number of nitrogens with zero attached hydrogens (tertiary/aromatic N) is 2. The zero-order valence-corrected chi connectivity index (χ0v) is 18.5. The van der Waals surface area contributed by atoms with Crippen LogP contribution in [0.1, 0.15) is 24.1 Å². The first-order valence-electron chi connectivity index (χ1n) is 10.1. The van der Waals surface area contributed by atoms with Gasteiger partial charge in [0.25, 0.3) is 0 Å². The molecule has 0 saturated heterocycles. The summed E-state index contributed by atoms with van der Waals surface area (Å²) in [4.78, 5) is 35.0. The summed E-state index contributed by atoms with van der Waals surface area (Å²) in [6.45, 7) is 4.06. The standard InChI is InChI=1S/C23H24N4O3S/c1-4-30-21(28)19-18(13-31-22-24-16-11-10-14(2)12-17(16)25-22)27(3)23(29)26-20(19)15-8-6-5-7-9-15/h5-12,20H,4,13H2,1-3H3,(H,24,25)(H,26,29). The molecule has 1 atom stereocenters. The van der Waals surface area contributed by atoms with E-state index < -0.39 is 12.0 Å². The topological polar surface area (TPSA) is 87.3 Å². The first-order valence-corrected chi connectivity index (χ1v) is 11.0. The monoisotopic (exact) mass is 436 g/mol. The third-order valence-electron chi connectivity index (χ3n) is 5.17. The van der Waals surface area contributed by atoms with Crippen LogP contribution in [-0.2, 0) is 9.53 Å². The van der Waals surface area contributed by atoms with E-state index in [0.29, 0.717) is 17.0 Å². The Morgan fingerprint density at radius 1 is 1.23 bits per heavy atom. The molecule has 2 N–H and O–H groups in total. The first kappa shape index (κ1) is 21.0. The largest absolute Gasteiger partial charge is 0.463 e. The van der Waals surface area contributed by atoms with E-state index in [4.69, 9.17) is 4.74 Å². The Morgan fingerprint density at radius 3 is 2.74 bits per heavy atom. The molecule has 0 spiro atoms. The smallest absolute Gasteiger partial charge is 0.338 e. The number of hydrogen-bond acceptors (Lipinski definition) is 5. The molecule has 1 aliphatic heterocycles. The summed E-state index contributed by atoms with van der Waals surface area (Å²) in [6.07, 6.45) is 0. The predicted octanol–water partition coefficient (Wildman–Crippen LogP) is 4.18. The highest BCUT2D eigenvalue weighted by Crippen LogP contribution is 2.33. The fraction of sp³-hybridized carbons (Fsp3) is 0.261. The summed E-state index contributed by atoms with van der Waals surface area (Å²) in [7, 11) is 1.66. The first-order chi connectivity index (χ1) is 15.0. The van der Waals surface area contributed by atoms with Crippen LogP contribution in [0.25, 0.3) is 11.0 Å². The van der Waals surface area contributed by atoms with Crippen LogP contribution in [0, 0.1) is 6.92 Å². The van der Waals surface area contributed by atoms with Crippen molar-refractivity contribution in [3.8, 4) is 0 Å². The van der Waals surface area contributed by atoms with E-state index in [1.54, 1.807) is 14.0 Å². The average Bonchev–Trinajstić information content (AvgIpc) is 3.17. The highest BCUT2D eigenvalue weighted by atomic mass is 32.2. The van der Waals surface area contributed by atoms with E-state index >= 15 is 0 Å². The molecule has 160 valence electrons. The van der Waals surface area contributed by atoms with E-state index in [1.165, 1.54) is 16.7 Å². The van der Waals surface area contributed by atoms with Gasteiger partial charge in [0, 0.05) is 18.5 Å². The minimum Gasteiger partial charge on any atom is -0.463 e. The molecule has 2 heterocycles. The van der Waals surface area contributed by atoms with Gasteiger partial charge in [-0.3, -0.25) is 4.90 Å². The summed E-state index contributed by atoms with van der Waals surface area (Å²) >= 11 is 1.45. The van der Waals surface area contributed by atoms with Crippen LogP contribution in [0.4, 0.5) is 4.79 Å².